The molecule has 0 aliphatic rings. The van der Waals surface area contributed by atoms with Gasteiger partial charge in [0, 0.05) is 26.6 Å². The van der Waals surface area contributed by atoms with Crippen LogP contribution in [-0.2, 0) is 9.53 Å². The van der Waals surface area contributed by atoms with Crippen LogP contribution < -0.4 is 10.6 Å². The van der Waals surface area contributed by atoms with Gasteiger partial charge in [0.1, 0.15) is 0 Å². The van der Waals surface area contributed by atoms with Gasteiger partial charge in [-0.05, 0) is 33.7 Å². The largest absolute Gasteiger partial charge is 0.375 e. The SMILES string of the molecule is CCOC(C)(C)CNCCCC(=O)NC. The van der Waals surface area contributed by atoms with E-state index in [1.165, 1.54) is 0 Å². The Morgan fingerprint density at radius 2 is 2.07 bits per heavy atom. The van der Waals surface area contributed by atoms with Crippen molar-refractivity contribution in [3.8, 4) is 0 Å². The first kappa shape index (κ1) is 14.4. The molecule has 90 valence electrons. The maximum absolute atomic E-state index is 10.9. The summed E-state index contributed by atoms with van der Waals surface area (Å²) in [5, 5.41) is 5.89. The first-order valence-electron chi connectivity index (χ1n) is 5.57. The summed E-state index contributed by atoms with van der Waals surface area (Å²) in [6.07, 6.45) is 1.44. The molecule has 0 bridgehead atoms. The van der Waals surface area contributed by atoms with Crippen molar-refractivity contribution >= 4 is 5.91 Å². The number of ether oxygens (including phenoxy) is 1. The van der Waals surface area contributed by atoms with Crippen LogP contribution in [0.2, 0.25) is 0 Å². The lowest BCUT2D eigenvalue weighted by Crippen LogP contribution is -2.38. The highest BCUT2D eigenvalue weighted by atomic mass is 16.5. The van der Waals surface area contributed by atoms with Gasteiger partial charge in [0.2, 0.25) is 5.91 Å². The molecule has 4 nitrogen and oxygen atoms in total. The molecule has 1 amide bonds. The van der Waals surface area contributed by atoms with Gasteiger partial charge in [-0.25, -0.2) is 0 Å². The molecule has 0 aromatic rings. The summed E-state index contributed by atoms with van der Waals surface area (Å²) in [6, 6.07) is 0. The van der Waals surface area contributed by atoms with Crippen molar-refractivity contribution in [2.45, 2.75) is 39.2 Å². The van der Waals surface area contributed by atoms with Gasteiger partial charge in [0.05, 0.1) is 5.60 Å². The average Bonchev–Trinajstić information content (AvgIpc) is 2.16. The number of hydrogen-bond donors (Lipinski definition) is 2. The number of carbonyl (C=O) groups is 1. The minimum atomic E-state index is -0.123. The number of hydrogen-bond acceptors (Lipinski definition) is 3. The molecule has 0 heterocycles. The maximum atomic E-state index is 10.9. The van der Waals surface area contributed by atoms with Crippen LogP contribution in [0.3, 0.4) is 0 Å². The van der Waals surface area contributed by atoms with Crippen molar-refractivity contribution in [1.82, 2.24) is 10.6 Å². The Morgan fingerprint density at radius 3 is 2.60 bits per heavy atom. The summed E-state index contributed by atoms with van der Waals surface area (Å²) in [4.78, 5) is 10.9. The molecule has 0 fully saturated rings. The van der Waals surface area contributed by atoms with Crippen molar-refractivity contribution in [3.63, 3.8) is 0 Å². The summed E-state index contributed by atoms with van der Waals surface area (Å²) in [5.41, 5.74) is -0.123. The van der Waals surface area contributed by atoms with E-state index in [1.54, 1.807) is 7.05 Å². The Balaban J connectivity index is 3.41. The van der Waals surface area contributed by atoms with Crippen molar-refractivity contribution in [2.75, 3.05) is 26.7 Å². The van der Waals surface area contributed by atoms with E-state index < -0.39 is 0 Å². The average molecular weight is 216 g/mol. The summed E-state index contributed by atoms with van der Waals surface area (Å²) < 4.78 is 5.54. The number of rotatable bonds is 8. The Bertz CT molecular complexity index is 181. The Morgan fingerprint density at radius 1 is 1.40 bits per heavy atom. The molecule has 0 unspecified atom stereocenters. The fourth-order valence-electron chi connectivity index (χ4n) is 1.33. The molecule has 0 aromatic carbocycles. The molecule has 0 spiro atoms. The van der Waals surface area contributed by atoms with Gasteiger partial charge in [0.25, 0.3) is 0 Å². The minimum absolute atomic E-state index is 0.0980. The molecule has 0 rings (SSSR count). The van der Waals surface area contributed by atoms with E-state index in [0.29, 0.717) is 6.42 Å². The predicted molar refractivity (Wildman–Crippen MR) is 61.9 cm³/mol. The second-order valence-electron chi connectivity index (χ2n) is 4.15. The highest BCUT2D eigenvalue weighted by Gasteiger charge is 2.16. The predicted octanol–water partition coefficient (Wildman–Crippen LogP) is 0.917. The van der Waals surface area contributed by atoms with E-state index in [2.05, 4.69) is 24.5 Å². The zero-order valence-corrected chi connectivity index (χ0v) is 10.4. The van der Waals surface area contributed by atoms with Gasteiger partial charge in [0.15, 0.2) is 0 Å². The molecule has 0 aromatic heterocycles. The minimum Gasteiger partial charge on any atom is -0.375 e. The third-order valence-electron chi connectivity index (χ3n) is 2.12. The number of nitrogens with one attached hydrogen (secondary N) is 2. The first-order valence-corrected chi connectivity index (χ1v) is 5.57. The third kappa shape index (κ3) is 8.39. The van der Waals surface area contributed by atoms with Gasteiger partial charge in [-0.3, -0.25) is 4.79 Å². The van der Waals surface area contributed by atoms with Crippen LogP contribution in [0.4, 0.5) is 0 Å². The second kappa shape index (κ2) is 7.65. The topological polar surface area (TPSA) is 50.4 Å². The van der Waals surface area contributed by atoms with Gasteiger partial charge in [-0.1, -0.05) is 0 Å². The summed E-state index contributed by atoms with van der Waals surface area (Å²) in [5.74, 6) is 0.0980. The van der Waals surface area contributed by atoms with Crippen molar-refractivity contribution in [1.29, 1.82) is 0 Å². The number of carbonyl (C=O) groups excluding carboxylic acids is 1. The van der Waals surface area contributed by atoms with E-state index >= 15 is 0 Å². The molecular formula is C11H24N2O2. The lowest BCUT2D eigenvalue weighted by atomic mass is 10.1. The third-order valence-corrected chi connectivity index (χ3v) is 2.12. The summed E-state index contributed by atoms with van der Waals surface area (Å²) >= 11 is 0. The van der Waals surface area contributed by atoms with Crippen LogP contribution in [0.25, 0.3) is 0 Å². The zero-order valence-electron chi connectivity index (χ0n) is 10.4. The van der Waals surface area contributed by atoms with Crippen LogP contribution in [-0.4, -0.2) is 38.3 Å². The van der Waals surface area contributed by atoms with E-state index in [9.17, 15) is 4.79 Å². The monoisotopic (exact) mass is 216 g/mol. The van der Waals surface area contributed by atoms with Crippen molar-refractivity contribution in [3.05, 3.63) is 0 Å². The molecule has 0 atom stereocenters. The molecule has 0 radical (unpaired) electrons. The molecule has 0 saturated carbocycles. The smallest absolute Gasteiger partial charge is 0.219 e. The zero-order chi connectivity index (χ0) is 11.7. The van der Waals surface area contributed by atoms with Crippen LogP contribution in [0.1, 0.15) is 33.6 Å². The lowest BCUT2D eigenvalue weighted by molar-refractivity contribution is -0.120. The normalized spacial score (nSPS) is 11.5. The molecule has 2 N–H and O–H groups in total. The molecular weight excluding hydrogens is 192 g/mol. The Hall–Kier alpha value is -0.610. The number of amides is 1. The van der Waals surface area contributed by atoms with Crippen molar-refractivity contribution in [2.24, 2.45) is 0 Å². The van der Waals surface area contributed by atoms with Crippen LogP contribution >= 0.6 is 0 Å². The molecule has 4 heteroatoms. The molecule has 0 aliphatic heterocycles. The van der Waals surface area contributed by atoms with E-state index in [-0.39, 0.29) is 11.5 Å². The molecule has 0 saturated heterocycles. The van der Waals surface area contributed by atoms with E-state index in [4.69, 9.17) is 4.74 Å². The van der Waals surface area contributed by atoms with E-state index in [1.807, 2.05) is 6.92 Å². The van der Waals surface area contributed by atoms with Crippen LogP contribution in [0.15, 0.2) is 0 Å². The highest BCUT2D eigenvalue weighted by Crippen LogP contribution is 2.06. The lowest BCUT2D eigenvalue weighted by Gasteiger charge is -2.24. The standard InChI is InChI=1S/C11H24N2O2/c1-5-15-11(2,3)9-13-8-6-7-10(14)12-4/h13H,5-9H2,1-4H3,(H,12,14). The maximum Gasteiger partial charge on any atom is 0.219 e. The first-order chi connectivity index (χ1) is 7.02. The summed E-state index contributed by atoms with van der Waals surface area (Å²) in [7, 11) is 1.66. The fourth-order valence-corrected chi connectivity index (χ4v) is 1.33. The quantitative estimate of drug-likeness (QED) is 0.593. The Kier molecular flexibility index (Phi) is 7.34. The van der Waals surface area contributed by atoms with Gasteiger partial charge in [-0.15, -0.1) is 0 Å². The second-order valence-corrected chi connectivity index (χ2v) is 4.15. The van der Waals surface area contributed by atoms with Gasteiger partial charge < -0.3 is 15.4 Å². The van der Waals surface area contributed by atoms with Crippen molar-refractivity contribution < 1.29 is 9.53 Å². The Labute approximate surface area is 92.8 Å². The molecule has 0 aliphatic carbocycles. The van der Waals surface area contributed by atoms with Gasteiger partial charge >= 0.3 is 0 Å². The van der Waals surface area contributed by atoms with Gasteiger partial charge in [-0.2, -0.15) is 0 Å². The van der Waals surface area contributed by atoms with Crippen LogP contribution in [0, 0.1) is 0 Å². The summed E-state index contributed by atoms with van der Waals surface area (Å²) in [6.45, 7) is 8.50. The molecule has 15 heavy (non-hydrogen) atoms. The van der Waals surface area contributed by atoms with Crippen LogP contribution in [0.5, 0.6) is 0 Å². The fraction of sp³-hybridized carbons (Fsp3) is 0.909. The highest BCUT2D eigenvalue weighted by molar-refractivity contribution is 5.75. The van der Waals surface area contributed by atoms with E-state index in [0.717, 1.165) is 26.1 Å².